The molecule has 0 heterocycles. The SMILES string of the molecule is COc1ccc(F)c(C(=O)NCC(C)C(=O)O)c1OC. The molecule has 0 fully saturated rings. The summed E-state index contributed by atoms with van der Waals surface area (Å²) >= 11 is 0. The third-order valence-electron chi connectivity index (χ3n) is 2.71. The zero-order valence-corrected chi connectivity index (χ0v) is 11.4. The van der Waals surface area contributed by atoms with Crippen LogP contribution in [0.15, 0.2) is 12.1 Å². The monoisotopic (exact) mass is 285 g/mol. The number of carbonyl (C=O) groups excluding carboxylic acids is 1. The molecule has 0 aliphatic carbocycles. The lowest BCUT2D eigenvalue weighted by Gasteiger charge is -2.14. The zero-order valence-electron chi connectivity index (χ0n) is 11.4. The molecule has 0 bridgehead atoms. The average Bonchev–Trinajstić information content (AvgIpc) is 2.43. The van der Waals surface area contributed by atoms with Crippen LogP contribution in [-0.2, 0) is 4.79 Å². The van der Waals surface area contributed by atoms with E-state index in [1.807, 2.05) is 0 Å². The van der Waals surface area contributed by atoms with E-state index in [9.17, 15) is 14.0 Å². The largest absolute Gasteiger partial charge is 0.493 e. The van der Waals surface area contributed by atoms with Gasteiger partial charge in [-0.05, 0) is 12.1 Å². The maximum atomic E-state index is 13.8. The maximum Gasteiger partial charge on any atom is 0.308 e. The molecule has 0 aromatic heterocycles. The molecule has 1 amide bonds. The van der Waals surface area contributed by atoms with Gasteiger partial charge < -0.3 is 19.9 Å². The molecule has 1 atom stereocenters. The molecule has 6 nitrogen and oxygen atoms in total. The number of carboxylic acids is 1. The van der Waals surface area contributed by atoms with Gasteiger partial charge >= 0.3 is 5.97 Å². The fourth-order valence-corrected chi connectivity index (χ4v) is 1.54. The molecule has 0 aliphatic heterocycles. The lowest BCUT2D eigenvalue weighted by atomic mass is 10.1. The number of carbonyl (C=O) groups is 2. The van der Waals surface area contributed by atoms with E-state index >= 15 is 0 Å². The average molecular weight is 285 g/mol. The van der Waals surface area contributed by atoms with E-state index in [0.29, 0.717) is 0 Å². The number of benzene rings is 1. The number of halogens is 1. The number of nitrogens with one attached hydrogen (secondary N) is 1. The van der Waals surface area contributed by atoms with Crippen LogP contribution in [0.25, 0.3) is 0 Å². The minimum absolute atomic E-state index is 0.0343. The summed E-state index contributed by atoms with van der Waals surface area (Å²) in [5.41, 5.74) is -0.315. The first-order valence-electron chi connectivity index (χ1n) is 5.83. The molecule has 7 heteroatoms. The highest BCUT2D eigenvalue weighted by Gasteiger charge is 2.22. The number of hydrogen-bond donors (Lipinski definition) is 2. The maximum absolute atomic E-state index is 13.8. The summed E-state index contributed by atoms with van der Waals surface area (Å²) in [5, 5.41) is 11.1. The van der Waals surface area contributed by atoms with Crippen LogP contribution in [0.4, 0.5) is 4.39 Å². The van der Waals surface area contributed by atoms with Crippen molar-refractivity contribution in [3.63, 3.8) is 0 Å². The van der Waals surface area contributed by atoms with Crippen molar-refractivity contribution in [2.45, 2.75) is 6.92 Å². The Labute approximate surface area is 115 Å². The highest BCUT2D eigenvalue weighted by atomic mass is 19.1. The normalized spacial score (nSPS) is 11.6. The van der Waals surface area contributed by atoms with Gasteiger partial charge in [-0.1, -0.05) is 6.92 Å². The predicted octanol–water partition coefficient (Wildman–Crippen LogP) is 1.29. The Morgan fingerprint density at radius 3 is 2.50 bits per heavy atom. The number of amides is 1. The minimum atomic E-state index is -1.05. The van der Waals surface area contributed by atoms with Gasteiger partial charge in [0.2, 0.25) is 0 Å². The number of rotatable bonds is 6. The van der Waals surface area contributed by atoms with Crippen LogP contribution in [-0.4, -0.2) is 37.7 Å². The smallest absolute Gasteiger partial charge is 0.308 e. The fourth-order valence-electron chi connectivity index (χ4n) is 1.54. The lowest BCUT2D eigenvalue weighted by Crippen LogP contribution is -2.32. The van der Waals surface area contributed by atoms with Crippen molar-refractivity contribution in [2.75, 3.05) is 20.8 Å². The Hall–Kier alpha value is -2.31. The molecule has 2 N–H and O–H groups in total. The van der Waals surface area contributed by atoms with Gasteiger partial charge in [-0.3, -0.25) is 9.59 Å². The number of ether oxygens (including phenoxy) is 2. The van der Waals surface area contributed by atoms with E-state index in [0.717, 1.165) is 6.07 Å². The van der Waals surface area contributed by atoms with Gasteiger partial charge in [-0.15, -0.1) is 0 Å². The van der Waals surface area contributed by atoms with Crippen molar-refractivity contribution >= 4 is 11.9 Å². The standard InChI is InChI=1S/C13H16FNO5/c1-7(13(17)18)6-15-12(16)10-8(14)4-5-9(19-2)11(10)20-3/h4-5,7H,6H2,1-3H3,(H,15,16)(H,17,18). The molecule has 0 saturated carbocycles. The molecule has 1 aromatic carbocycles. The summed E-state index contributed by atoms with van der Waals surface area (Å²) in [6, 6.07) is 2.42. The van der Waals surface area contributed by atoms with Crippen molar-refractivity contribution in [1.82, 2.24) is 5.32 Å². The number of carboxylic acid groups (broad SMARTS) is 1. The van der Waals surface area contributed by atoms with E-state index in [-0.39, 0.29) is 23.6 Å². The molecule has 0 saturated heterocycles. The van der Waals surface area contributed by atoms with Gasteiger partial charge in [0.25, 0.3) is 5.91 Å². The molecule has 1 unspecified atom stereocenters. The molecule has 0 spiro atoms. The van der Waals surface area contributed by atoms with E-state index in [2.05, 4.69) is 5.32 Å². The van der Waals surface area contributed by atoms with Gasteiger partial charge in [0.05, 0.1) is 20.1 Å². The second-order valence-corrected chi connectivity index (χ2v) is 4.11. The quantitative estimate of drug-likeness (QED) is 0.822. The summed E-state index contributed by atoms with van der Waals surface area (Å²) in [6.07, 6.45) is 0. The second kappa shape index (κ2) is 6.74. The Morgan fingerprint density at radius 2 is 2.00 bits per heavy atom. The summed E-state index contributed by atoms with van der Waals surface area (Å²) in [7, 11) is 2.65. The van der Waals surface area contributed by atoms with Crippen LogP contribution in [0.3, 0.4) is 0 Å². The first-order chi connectivity index (χ1) is 9.42. The molecule has 20 heavy (non-hydrogen) atoms. The number of aliphatic carboxylic acids is 1. The Morgan fingerprint density at radius 1 is 1.35 bits per heavy atom. The Bertz CT molecular complexity index is 518. The van der Waals surface area contributed by atoms with E-state index < -0.39 is 23.6 Å². The topological polar surface area (TPSA) is 84.9 Å². The highest BCUT2D eigenvalue weighted by molar-refractivity contribution is 5.98. The van der Waals surface area contributed by atoms with Crippen molar-refractivity contribution in [3.05, 3.63) is 23.5 Å². The first kappa shape index (κ1) is 15.7. The summed E-state index contributed by atoms with van der Waals surface area (Å²) in [4.78, 5) is 22.6. The second-order valence-electron chi connectivity index (χ2n) is 4.11. The van der Waals surface area contributed by atoms with Gasteiger partial charge in [-0.25, -0.2) is 4.39 Å². The Kier molecular flexibility index (Phi) is 5.31. The summed E-state index contributed by atoms with van der Waals surface area (Å²) in [5.74, 6) is -3.19. The van der Waals surface area contributed by atoms with Crippen molar-refractivity contribution in [3.8, 4) is 11.5 Å². The van der Waals surface area contributed by atoms with E-state index in [4.69, 9.17) is 14.6 Å². The predicted molar refractivity (Wildman–Crippen MR) is 68.6 cm³/mol. The molecule has 1 rings (SSSR count). The number of hydrogen-bond acceptors (Lipinski definition) is 4. The van der Waals surface area contributed by atoms with Gasteiger partial charge in [0, 0.05) is 6.54 Å². The van der Waals surface area contributed by atoms with Crippen LogP contribution in [0, 0.1) is 11.7 Å². The molecule has 1 aromatic rings. The van der Waals surface area contributed by atoms with Crippen LogP contribution in [0.5, 0.6) is 11.5 Å². The third kappa shape index (κ3) is 3.37. The third-order valence-corrected chi connectivity index (χ3v) is 2.71. The molecule has 0 aliphatic rings. The van der Waals surface area contributed by atoms with Crippen molar-refractivity contribution in [1.29, 1.82) is 0 Å². The lowest BCUT2D eigenvalue weighted by molar-refractivity contribution is -0.140. The van der Waals surface area contributed by atoms with Crippen LogP contribution >= 0.6 is 0 Å². The minimum Gasteiger partial charge on any atom is -0.493 e. The Balaban J connectivity index is 3.00. The van der Waals surface area contributed by atoms with E-state index in [1.165, 1.54) is 27.2 Å². The highest BCUT2D eigenvalue weighted by Crippen LogP contribution is 2.32. The fraction of sp³-hybridized carbons (Fsp3) is 0.385. The molecule has 110 valence electrons. The number of methoxy groups -OCH3 is 2. The summed E-state index contributed by atoms with van der Waals surface area (Å²) in [6.45, 7) is 1.32. The van der Waals surface area contributed by atoms with Crippen molar-refractivity contribution < 1.29 is 28.6 Å². The van der Waals surface area contributed by atoms with E-state index in [1.54, 1.807) is 0 Å². The van der Waals surface area contributed by atoms with Crippen LogP contribution in [0.1, 0.15) is 17.3 Å². The van der Waals surface area contributed by atoms with Gasteiger partial charge in [0.15, 0.2) is 11.5 Å². The summed E-state index contributed by atoms with van der Waals surface area (Å²) < 4.78 is 23.7. The van der Waals surface area contributed by atoms with Gasteiger partial charge in [0.1, 0.15) is 11.4 Å². The van der Waals surface area contributed by atoms with Crippen LogP contribution in [0.2, 0.25) is 0 Å². The van der Waals surface area contributed by atoms with Crippen molar-refractivity contribution in [2.24, 2.45) is 5.92 Å². The first-order valence-corrected chi connectivity index (χ1v) is 5.83. The van der Waals surface area contributed by atoms with Gasteiger partial charge in [-0.2, -0.15) is 0 Å². The molecule has 0 radical (unpaired) electrons. The molecular weight excluding hydrogens is 269 g/mol. The zero-order chi connectivity index (χ0) is 15.3. The molecular formula is C13H16FNO5. The van der Waals surface area contributed by atoms with Crippen LogP contribution < -0.4 is 14.8 Å².